The molecule has 84 valence electrons. The maximum atomic E-state index is 5.27. The third-order valence-electron chi connectivity index (χ3n) is 2.19. The van der Waals surface area contributed by atoms with E-state index >= 15 is 0 Å². The molecule has 0 saturated heterocycles. The molecule has 2 rings (SSSR count). The van der Waals surface area contributed by atoms with Gasteiger partial charge in [0, 0.05) is 13.2 Å². The number of hydrogen-bond acceptors (Lipinski definition) is 5. The van der Waals surface area contributed by atoms with Gasteiger partial charge in [-0.15, -0.1) is 5.10 Å². The first kappa shape index (κ1) is 10.4. The van der Waals surface area contributed by atoms with Crippen LogP contribution in [0.25, 0.3) is 11.3 Å². The standard InChI is InChI=1S/C10H12N4O2/c1-14-10(16-3)8(9(13-14)15-2)7-4-5-11-6-12-7/h4-6H,1-3H3. The minimum absolute atomic E-state index is 0.484. The van der Waals surface area contributed by atoms with Crippen LogP contribution in [0, 0.1) is 0 Å². The number of nitrogens with zero attached hydrogens (tertiary/aromatic N) is 4. The van der Waals surface area contributed by atoms with Crippen molar-refractivity contribution in [2.75, 3.05) is 14.2 Å². The Hall–Kier alpha value is -2.11. The lowest BCUT2D eigenvalue weighted by Crippen LogP contribution is -1.96. The molecule has 0 spiro atoms. The Morgan fingerprint density at radius 1 is 1.25 bits per heavy atom. The highest BCUT2D eigenvalue weighted by Gasteiger charge is 2.20. The summed E-state index contributed by atoms with van der Waals surface area (Å²) in [5.41, 5.74) is 1.45. The first-order valence-electron chi connectivity index (χ1n) is 4.69. The highest BCUT2D eigenvalue weighted by atomic mass is 16.5. The quantitative estimate of drug-likeness (QED) is 0.768. The molecule has 0 amide bonds. The summed E-state index contributed by atoms with van der Waals surface area (Å²) in [5.74, 6) is 1.09. The Morgan fingerprint density at radius 3 is 2.62 bits per heavy atom. The highest BCUT2D eigenvalue weighted by molar-refractivity contribution is 5.70. The van der Waals surface area contributed by atoms with Gasteiger partial charge in [-0.1, -0.05) is 0 Å². The fourth-order valence-electron chi connectivity index (χ4n) is 1.52. The van der Waals surface area contributed by atoms with E-state index in [1.807, 2.05) is 0 Å². The maximum Gasteiger partial charge on any atom is 0.246 e. The average molecular weight is 220 g/mol. The van der Waals surface area contributed by atoms with Gasteiger partial charge in [0.2, 0.25) is 11.8 Å². The Labute approximate surface area is 92.9 Å². The molecule has 6 heteroatoms. The second kappa shape index (κ2) is 4.18. The molecule has 0 aliphatic rings. The molecule has 2 heterocycles. The topological polar surface area (TPSA) is 62.1 Å². The summed E-state index contributed by atoms with van der Waals surface area (Å²) < 4.78 is 12.1. The van der Waals surface area contributed by atoms with Gasteiger partial charge >= 0.3 is 0 Å². The zero-order chi connectivity index (χ0) is 11.5. The molecule has 0 aliphatic carbocycles. The Morgan fingerprint density at radius 2 is 2.06 bits per heavy atom. The van der Waals surface area contributed by atoms with Crippen molar-refractivity contribution in [2.45, 2.75) is 0 Å². The molecule has 0 N–H and O–H groups in total. The molecule has 0 atom stereocenters. The van der Waals surface area contributed by atoms with Crippen molar-refractivity contribution in [3.05, 3.63) is 18.6 Å². The molecule has 2 aromatic heterocycles. The smallest absolute Gasteiger partial charge is 0.246 e. The largest absolute Gasteiger partial charge is 0.481 e. The Kier molecular flexibility index (Phi) is 2.72. The SMILES string of the molecule is COc1nn(C)c(OC)c1-c1ccncn1. The number of hydrogen-bond donors (Lipinski definition) is 0. The van der Waals surface area contributed by atoms with E-state index in [9.17, 15) is 0 Å². The van der Waals surface area contributed by atoms with Crippen LogP contribution < -0.4 is 9.47 Å². The van der Waals surface area contributed by atoms with Crippen LogP contribution >= 0.6 is 0 Å². The zero-order valence-corrected chi connectivity index (χ0v) is 9.34. The van der Waals surface area contributed by atoms with Crippen LogP contribution in [-0.2, 0) is 7.05 Å². The van der Waals surface area contributed by atoms with E-state index < -0.39 is 0 Å². The number of aromatic nitrogens is 4. The number of aryl methyl sites for hydroxylation is 1. The molecule has 0 aliphatic heterocycles. The first-order valence-corrected chi connectivity index (χ1v) is 4.69. The summed E-state index contributed by atoms with van der Waals surface area (Å²) in [6.07, 6.45) is 3.13. The summed E-state index contributed by atoms with van der Waals surface area (Å²) in [6, 6.07) is 1.78. The molecule has 0 aromatic carbocycles. The lowest BCUT2D eigenvalue weighted by Gasteiger charge is -2.03. The van der Waals surface area contributed by atoms with Crippen LogP contribution in [-0.4, -0.2) is 34.0 Å². The third kappa shape index (κ3) is 1.58. The molecular formula is C10H12N4O2. The predicted molar refractivity (Wildman–Crippen MR) is 57.3 cm³/mol. The highest BCUT2D eigenvalue weighted by Crippen LogP contribution is 2.35. The van der Waals surface area contributed by atoms with Gasteiger partial charge in [0.25, 0.3) is 0 Å². The average Bonchev–Trinajstić information content (AvgIpc) is 2.66. The molecule has 0 saturated carbocycles. The number of methoxy groups -OCH3 is 2. The van der Waals surface area contributed by atoms with Crippen LogP contribution in [0.5, 0.6) is 11.8 Å². The van der Waals surface area contributed by atoms with E-state index in [0.29, 0.717) is 11.8 Å². The molecular weight excluding hydrogens is 208 g/mol. The van der Waals surface area contributed by atoms with Gasteiger partial charge in [-0.2, -0.15) is 0 Å². The van der Waals surface area contributed by atoms with E-state index in [0.717, 1.165) is 11.3 Å². The number of ether oxygens (including phenoxy) is 2. The number of rotatable bonds is 3. The second-order valence-corrected chi connectivity index (χ2v) is 3.11. The molecule has 0 fully saturated rings. The molecule has 16 heavy (non-hydrogen) atoms. The fraction of sp³-hybridized carbons (Fsp3) is 0.300. The van der Waals surface area contributed by atoms with Crippen LogP contribution in [0.3, 0.4) is 0 Å². The van der Waals surface area contributed by atoms with Gasteiger partial charge in [-0.3, -0.25) is 0 Å². The second-order valence-electron chi connectivity index (χ2n) is 3.11. The first-order chi connectivity index (χ1) is 7.77. The van der Waals surface area contributed by atoms with Gasteiger partial charge in [0.05, 0.1) is 19.9 Å². The lowest BCUT2D eigenvalue weighted by atomic mass is 10.2. The molecule has 2 aromatic rings. The lowest BCUT2D eigenvalue weighted by molar-refractivity contribution is 0.371. The van der Waals surface area contributed by atoms with Crippen molar-refractivity contribution in [1.82, 2.24) is 19.7 Å². The summed E-state index contributed by atoms with van der Waals surface area (Å²) in [4.78, 5) is 8.02. The third-order valence-corrected chi connectivity index (χ3v) is 2.19. The Balaban J connectivity index is 2.62. The van der Waals surface area contributed by atoms with E-state index in [1.165, 1.54) is 6.33 Å². The van der Waals surface area contributed by atoms with Crippen LogP contribution in [0.4, 0.5) is 0 Å². The van der Waals surface area contributed by atoms with E-state index in [-0.39, 0.29) is 0 Å². The van der Waals surface area contributed by atoms with Gasteiger partial charge < -0.3 is 9.47 Å². The van der Waals surface area contributed by atoms with Crippen molar-refractivity contribution in [3.8, 4) is 23.0 Å². The van der Waals surface area contributed by atoms with E-state index in [2.05, 4.69) is 15.1 Å². The normalized spacial score (nSPS) is 10.2. The van der Waals surface area contributed by atoms with Gasteiger partial charge in [-0.25, -0.2) is 14.6 Å². The minimum atomic E-state index is 0.484. The molecule has 0 unspecified atom stereocenters. The monoisotopic (exact) mass is 220 g/mol. The minimum Gasteiger partial charge on any atom is -0.481 e. The molecule has 0 radical (unpaired) electrons. The van der Waals surface area contributed by atoms with Crippen LogP contribution in [0.15, 0.2) is 18.6 Å². The zero-order valence-electron chi connectivity index (χ0n) is 9.34. The van der Waals surface area contributed by atoms with Crippen molar-refractivity contribution < 1.29 is 9.47 Å². The summed E-state index contributed by atoms with van der Waals surface area (Å²) in [6.45, 7) is 0. The summed E-state index contributed by atoms with van der Waals surface area (Å²) in [5, 5.41) is 4.19. The Bertz CT molecular complexity index is 481. The van der Waals surface area contributed by atoms with Crippen molar-refractivity contribution in [2.24, 2.45) is 7.05 Å². The van der Waals surface area contributed by atoms with Crippen LogP contribution in [0.2, 0.25) is 0 Å². The summed E-state index contributed by atoms with van der Waals surface area (Å²) >= 11 is 0. The van der Waals surface area contributed by atoms with Gasteiger partial charge in [0.15, 0.2) is 0 Å². The maximum absolute atomic E-state index is 5.27. The van der Waals surface area contributed by atoms with Crippen LogP contribution in [0.1, 0.15) is 0 Å². The van der Waals surface area contributed by atoms with Crippen molar-refractivity contribution in [1.29, 1.82) is 0 Å². The molecule has 6 nitrogen and oxygen atoms in total. The predicted octanol–water partition coefficient (Wildman–Crippen LogP) is 0.894. The molecule has 0 bridgehead atoms. The van der Waals surface area contributed by atoms with Crippen molar-refractivity contribution >= 4 is 0 Å². The van der Waals surface area contributed by atoms with Crippen molar-refractivity contribution in [3.63, 3.8) is 0 Å². The van der Waals surface area contributed by atoms with Gasteiger partial charge in [0.1, 0.15) is 11.9 Å². The van der Waals surface area contributed by atoms with E-state index in [1.54, 1.807) is 38.2 Å². The fourth-order valence-corrected chi connectivity index (χ4v) is 1.52. The summed E-state index contributed by atoms with van der Waals surface area (Å²) in [7, 11) is 4.93. The van der Waals surface area contributed by atoms with E-state index in [4.69, 9.17) is 9.47 Å². The van der Waals surface area contributed by atoms with Gasteiger partial charge in [-0.05, 0) is 6.07 Å².